The van der Waals surface area contributed by atoms with Crippen LogP contribution in [0.4, 0.5) is 0 Å². The van der Waals surface area contributed by atoms with Crippen molar-refractivity contribution in [1.29, 1.82) is 0 Å². The first-order chi connectivity index (χ1) is 8.90. The number of benzene rings is 2. The van der Waals surface area contributed by atoms with Crippen LogP contribution in [0.15, 0.2) is 65.6 Å². The highest BCUT2D eigenvalue weighted by atomic mass is 32.2. The Hall–Kier alpha value is -1.25. The van der Waals surface area contributed by atoms with E-state index in [0.29, 0.717) is 5.25 Å². The maximum Gasteiger partial charge on any atom is 0.0431 e. The van der Waals surface area contributed by atoms with Gasteiger partial charge in [-0.2, -0.15) is 0 Å². The van der Waals surface area contributed by atoms with Crippen molar-refractivity contribution in [3.05, 3.63) is 66.2 Å². The van der Waals surface area contributed by atoms with Gasteiger partial charge in [-0.15, -0.1) is 11.8 Å². The molecule has 0 saturated heterocycles. The van der Waals surface area contributed by atoms with E-state index < -0.39 is 0 Å². The van der Waals surface area contributed by atoms with Gasteiger partial charge in [0, 0.05) is 16.8 Å². The molecule has 0 aliphatic carbocycles. The van der Waals surface area contributed by atoms with E-state index in [1.807, 2.05) is 23.9 Å². The molecule has 0 unspecified atom stereocenters. The van der Waals surface area contributed by atoms with Gasteiger partial charge in [0.05, 0.1) is 0 Å². The van der Waals surface area contributed by atoms with Gasteiger partial charge < -0.3 is 5.11 Å². The molecule has 0 fully saturated rings. The molecule has 1 nitrogen and oxygen atoms in total. The molecule has 2 aromatic rings. The zero-order chi connectivity index (χ0) is 12.6. The smallest absolute Gasteiger partial charge is 0.0431 e. The van der Waals surface area contributed by atoms with E-state index in [4.69, 9.17) is 5.11 Å². The van der Waals surface area contributed by atoms with Crippen LogP contribution >= 0.6 is 11.8 Å². The number of hydrogen-bond donors (Lipinski definition) is 1. The van der Waals surface area contributed by atoms with Crippen LogP contribution in [-0.4, -0.2) is 11.7 Å². The highest BCUT2D eigenvalue weighted by Gasteiger charge is 2.12. The van der Waals surface area contributed by atoms with Crippen LogP contribution < -0.4 is 0 Å². The fourth-order valence-electron chi connectivity index (χ4n) is 1.90. The summed E-state index contributed by atoms with van der Waals surface area (Å²) in [5.41, 5.74) is 1.33. The average molecular weight is 258 g/mol. The predicted molar refractivity (Wildman–Crippen MR) is 77.8 cm³/mol. The predicted octanol–water partition coefficient (Wildman–Crippen LogP) is 4.29. The first kappa shape index (κ1) is 13.2. The molecule has 1 N–H and O–H groups in total. The van der Waals surface area contributed by atoms with Gasteiger partial charge >= 0.3 is 0 Å². The highest BCUT2D eigenvalue weighted by molar-refractivity contribution is 7.99. The summed E-state index contributed by atoms with van der Waals surface area (Å²) in [7, 11) is 0. The van der Waals surface area contributed by atoms with Gasteiger partial charge in [-0.3, -0.25) is 0 Å². The Labute approximate surface area is 113 Å². The first-order valence-corrected chi connectivity index (χ1v) is 7.15. The minimum absolute atomic E-state index is 0.263. The van der Waals surface area contributed by atoms with Gasteiger partial charge in [-0.05, 0) is 30.5 Å². The summed E-state index contributed by atoms with van der Waals surface area (Å²) in [6.45, 7) is 0.263. The maximum atomic E-state index is 9.02. The van der Waals surface area contributed by atoms with Crippen LogP contribution in [-0.2, 0) is 0 Å². The van der Waals surface area contributed by atoms with Gasteiger partial charge in [0.1, 0.15) is 0 Å². The topological polar surface area (TPSA) is 20.2 Å². The zero-order valence-electron chi connectivity index (χ0n) is 10.3. The maximum absolute atomic E-state index is 9.02. The van der Waals surface area contributed by atoms with Crippen molar-refractivity contribution < 1.29 is 5.11 Å². The van der Waals surface area contributed by atoms with Gasteiger partial charge in [0.2, 0.25) is 0 Å². The molecule has 0 heterocycles. The van der Waals surface area contributed by atoms with E-state index in [-0.39, 0.29) is 6.61 Å². The van der Waals surface area contributed by atoms with E-state index in [9.17, 15) is 0 Å². The number of aliphatic hydroxyl groups excluding tert-OH is 1. The third kappa shape index (κ3) is 3.90. The zero-order valence-corrected chi connectivity index (χ0v) is 11.1. The molecule has 0 saturated carbocycles. The third-order valence-electron chi connectivity index (χ3n) is 2.82. The summed E-state index contributed by atoms with van der Waals surface area (Å²) < 4.78 is 0. The third-order valence-corrected chi connectivity index (χ3v) is 4.15. The molecule has 18 heavy (non-hydrogen) atoms. The van der Waals surface area contributed by atoms with Crippen molar-refractivity contribution in [2.75, 3.05) is 6.61 Å². The summed E-state index contributed by atoms with van der Waals surface area (Å²) in [6, 6.07) is 21.0. The molecule has 0 bridgehead atoms. The van der Waals surface area contributed by atoms with Crippen LogP contribution in [0.1, 0.15) is 23.7 Å². The monoisotopic (exact) mass is 258 g/mol. The van der Waals surface area contributed by atoms with Crippen molar-refractivity contribution in [3.8, 4) is 0 Å². The van der Waals surface area contributed by atoms with Gasteiger partial charge in [-0.25, -0.2) is 0 Å². The molecule has 2 rings (SSSR count). The average Bonchev–Trinajstić information content (AvgIpc) is 2.45. The Morgan fingerprint density at radius 1 is 0.889 bits per heavy atom. The Kier molecular flexibility index (Phi) is 5.31. The Balaban J connectivity index is 2.10. The van der Waals surface area contributed by atoms with E-state index in [2.05, 4.69) is 48.5 Å². The second-order valence-corrected chi connectivity index (χ2v) is 5.47. The Morgan fingerprint density at radius 2 is 1.50 bits per heavy atom. The molecule has 0 radical (unpaired) electrons. The van der Waals surface area contributed by atoms with Crippen molar-refractivity contribution in [1.82, 2.24) is 0 Å². The SMILES string of the molecule is OCCC[C@H](Sc1ccccc1)c1ccccc1. The largest absolute Gasteiger partial charge is 0.396 e. The van der Waals surface area contributed by atoms with Gasteiger partial charge in [-0.1, -0.05) is 48.5 Å². The minimum Gasteiger partial charge on any atom is -0.396 e. The molecular formula is C16H18OS. The summed E-state index contributed by atoms with van der Waals surface area (Å²) in [6.07, 6.45) is 1.85. The fourth-order valence-corrected chi connectivity index (χ4v) is 3.12. The quantitative estimate of drug-likeness (QED) is 0.780. The molecule has 94 valence electrons. The molecule has 0 spiro atoms. The minimum atomic E-state index is 0.263. The van der Waals surface area contributed by atoms with Crippen molar-refractivity contribution in [2.45, 2.75) is 23.0 Å². The number of thioether (sulfide) groups is 1. The molecule has 2 aromatic carbocycles. The summed E-state index contributed by atoms with van der Waals surface area (Å²) in [5.74, 6) is 0. The van der Waals surface area contributed by atoms with Gasteiger partial charge in [0.15, 0.2) is 0 Å². The van der Waals surface area contributed by atoms with Crippen molar-refractivity contribution in [3.63, 3.8) is 0 Å². The van der Waals surface area contributed by atoms with E-state index in [1.54, 1.807) is 0 Å². The molecular weight excluding hydrogens is 240 g/mol. The van der Waals surface area contributed by atoms with Crippen LogP contribution in [0.5, 0.6) is 0 Å². The summed E-state index contributed by atoms with van der Waals surface area (Å²) in [5, 5.41) is 9.44. The van der Waals surface area contributed by atoms with Gasteiger partial charge in [0.25, 0.3) is 0 Å². The van der Waals surface area contributed by atoms with Crippen molar-refractivity contribution in [2.24, 2.45) is 0 Å². The van der Waals surface area contributed by atoms with Crippen LogP contribution in [0.3, 0.4) is 0 Å². The van der Waals surface area contributed by atoms with E-state index >= 15 is 0 Å². The lowest BCUT2D eigenvalue weighted by molar-refractivity contribution is 0.284. The van der Waals surface area contributed by atoms with Crippen LogP contribution in [0.2, 0.25) is 0 Å². The number of hydrogen-bond acceptors (Lipinski definition) is 2. The van der Waals surface area contributed by atoms with Crippen LogP contribution in [0, 0.1) is 0 Å². The molecule has 0 amide bonds. The lowest BCUT2D eigenvalue weighted by Gasteiger charge is -2.16. The first-order valence-electron chi connectivity index (χ1n) is 6.27. The lowest BCUT2D eigenvalue weighted by atomic mass is 10.1. The standard InChI is InChI=1S/C16H18OS/c17-13-7-12-16(14-8-3-1-4-9-14)18-15-10-5-2-6-11-15/h1-6,8-11,16-17H,7,12-13H2/t16-/m0/s1. The molecule has 0 aliphatic rings. The Morgan fingerprint density at radius 3 is 2.11 bits per heavy atom. The van der Waals surface area contributed by atoms with Crippen LogP contribution in [0.25, 0.3) is 0 Å². The summed E-state index contributed by atoms with van der Waals surface area (Å²) in [4.78, 5) is 1.28. The Bertz CT molecular complexity index is 441. The van der Waals surface area contributed by atoms with E-state index in [1.165, 1.54) is 10.5 Å². The van der Waals surface area contributed by atoms with Crippen molar-refractivity contribution >= 4 is 11.8 Å². The number of rotatable bonds is 6. The molecule has 0 aromatic heterocycles. The highest BCUT2D eigenvalue weighted by Crippen LogP contribution is 2.38. The molecule has 2 heteroatoms. The lowest BCUT2D eigenvalue weighted by Crippen LogP contribution is -1.96. The molecule has 0 aliphatic heterocycles. The second-order valence-electron chi connectivity index (χ2n) is 4.20. The fraction of sp³-hybridized carbons (Fsp3) is 0.250. The van der Waals surface area contributed by atoms with E-state index in [0.717, 1.165) is 12.8 Å². The molecule has 1 atom stereocenters. The number of aliphatic hydroxyl groups is 1. The summed E-state index contributed by atoms with van der Waals surface area (Å²) >= 11 is 1.87. The normalized spacial score (nSPS) is 12.3. The second kappa shape index (κ2) is 7.24.